The van der Waals surface area contributed by atoms with Crippen molar-refractivity contribution in [3.8, 4) is 0 Å². The monoisotopic (exact) mass is 534 g/mol. The van der Waals surface area contributed by atoms with Gasteiger partial charge in [0, 0.05) is 29.1 Å². The van der Waals surface area contributed by atoms with Crippen molar-refractivity contribution in [2.24, 2.45) is 0 Å². The Morgan fingerprint density at radius 1 is 1.11 bits per heavy atom. The Labute approximate surface area is 193 Å². The summed E-state index contributed by atoms with van der Waals surface area (Å²) < 4.78 is 6.42. The van der Waals surface area contributed by atoms with Gasteiger partial charge < -0.3 is 38.5 Å². The molecule has 1 saturated heterocycles. The molecule has 1 amide bonds. The van der Waals surface area contributed by atoms with E-state index >= 15 is 0 Å². The number of quaternary nitrogens is 1. The van der Waals surface area contributed by atoms with Gasteiger partial charge in [0.1, 0.15) is 6.54 Å². The van der Waals surface area contributed by atoms with Gasteiger partial charge in [0.15, 0.2) is 0 Å². The van der Waals surface area contributed by atoms with Crippen LogP contribution in [0.4, 0.5) is 5.69 Å². The van der Waals surface area contributed by atoms with Crippen molar-refractivity contribution in [3.05, 3.63) is 63.6 Å². The summed E-state index contributed by atoms with van der Waals surface area (Å²) in [6, 6.07) is 13.5. The minimum Gasteiger partial charge on any atom is -1.00 e. The molecule has 1 aliphatic rings. The second kappa shape index (κ2) is 10.3. The molecule has 0 unspecified atom stereocenters. The molecule has 0 aliphatic carbocycles. The summed E-state index contributed by atoms with van der Waals surface area (Å²) in [7, 11) is 4.54. The molecule has 3 rings (SSSR count). The zero-order valence-electron chi connectivity index (χ0n) is 16.1. The number of ether oxygens (including phenoxy) is 1. The molecule has 1 heterocycles. The average Bonchev–Trinajstić information content (AvgIpc) is 2.64. The second-order valence-corrected chi connectivity index (χ2v) is 8.40. The average molecular weight is 535 g/mol. The smallest absolute Gasteiger partial charge is 0.257 e. The quantitative estimate of drug-likeness (QED) is 0.471. The number of nitrogens with one attached hydrogen (secondary N) is 1. The maximum absolute atomic E-state index is 12.4. The molecule has 0 spiro atoms. The first-order valence-corrected chi connectivity index (χ1v) is 9.86. The van der Waals surface area contributed by atoms with Gasteiger partial charge in [-0.15, -0.1) is 0 Å². The lowest BCUT2D eigenvalue weighted by Gasteiger charge is -2.40. The highest BCUT2D eigenvalue weighted by Gasteiger charge is 2.30. The van der Waals surface area contributed by atoms with E-state index in [1.807, 2.05) is 12.1 Å². The highest BCUT2D eigenvalue weighted by molar-refractivity contribution is 6.37. The van der Waals surface area contributed by atoms with Gasteiger partial charge in [0.05, 0.1) is 43.9 Å². The van der Waals surface area contributed by atoms with E-state index in [1.165, 1.54) is 5.56 Å². The van der Waals surface area contributed by atoms with Crippen LogP contribution in [0.25, 0.3) is 0 Å². The van der Waals surface area contributed by atoms with Gasteiger partial charge >= 0.3 is 0 Å². The summed E-state index contributed by atoms with van der Waals surface area (Å²) in [6.45, 7) is 2.65. The number of carbonyl (C=O) groups is 1. The van der Waals surface area contributed by atoms with Crippen LogP contribution in [0.3, 0.4) is 0 Å². The van der Waals surface area contributed by atoms with Gasteiger partial charge in [0.2, 0.25) is 0 Å². The lowest BCUT2D eigenvalue weighted by molar-refractivity contribution is -0.929. The molecular formula is C21H25Cl2IN2O2. The molecule has 0 saturated carbocycles. The number of carbonyl (C=O) groups excluding carboxylic acids is 1. The third-order valence-electron chi connectivity index (χ3n) is 5.16. The Morgan fingerprint density at radius 2 is 1.75 bits per heavy atom. The first-order chi connectivity index (χ1) is 12.8. The molecule has 1 aliphatic heterocycles. The van der Waals surface area contributed by atoms with Crippen molar-refractivity contribution in [1.29, 1.82) is 0 Å². The zero-order valence-corrected chi connectivity index (χ0v) is 19.7. The van der Waals surface area contributed by atoms with Gasteiger partial charge in [-0.05, 0) is 30.3 Å². The lowest BCUT2D eigenvalue weighted by atomic mass is 10.0. The van der Waals surface area contributed by atoms with Crippen LogP contribution in [-0.2, 0) is 11.3 Å². The van der Waals surface area contributed by atoms with Crippen molar-refractivity contribution < 1.29 is 38.0 Å². The van der Waals surface area contributed by atoms with E-state index in [1.54, 1.807) is 18.2 Å². The number of rotatable bonds is 5. The summed E-state index contributed by atoms with van der Waals surface area (Å²) in [6.07, 6.45) is 2.20. The number of amides is 1. The number of halogens is 3. The van der Waals surface area contributed by atoms with Crippen molar-refractivity contribution in [2.45, 2.75) is 25.4 Å². The molecule has 1 N–H and O–H groups in total. The van der Waals surface area contributed by atoms with Crippen LogP contribution >= 0.6 is 23.2 Å². The van der Waals surface area contributed by atoms with Crippen LogP contribution in [0.15, 0.2) is 42.5 Å². The van der Waals surface area contributed by atoms with Crippen LogP contribution in [0, 0.1) is 0 Å². The number of hydrogen-bond acceptors (Lipinski definition) is 2. The largest absolute Gasteiger partial charge is 1.00 e. The molecule has 0 aromatic heterocycles. The van der Waals surface area contributed by atoms with Gasteiger partial charge in [0.25, 0.3) is 5.91 Å². The van der Waals surface area contributed by atoms with E-state index in [4.69, 9.17) is 27.9 Å². The summed E-state index contributed by atoms with van der Waals surface area (Å²) in [5.41, 5.74) is 2.39. The highest BCUT2D eigenvalue weighted by atomic mass is 127. The molecule has 0 bridgehead atoms. The fourth-order valence-electron chi connectivity index (χ4n) is 3.55. The standard InChI is InChI=1S/C21H24Cl2N2O2.HI/c1-25(2,18-9-11-27-12-10-18)14-15-3-6-17(7-4-15)24-21(26)19-8-5-16(22)13-20(19)23;/h3-8,13,18H,9-12,14H2,1-2H3;1H. The Hall–Kier alpha value is -0.860. The summed E-state index contributed by atoms with van der Waals surface area (Å²) in [4.78, 5) is 12.4. The SMILES string of the molecule is C[N+](C)(Cc1ccc(NC(=O)c2ccc(Cl)cc2Cl)cc1)C1CCOCC1.[I-]. The predicted molar refractivity (Wildman–Crippen MR) is 111 cm³/mol. The van der Waals surface area contributed by atoms with E-state index in [2.05, 4.69) is 31.5 Å². The maximum atomic E-state index is 12.4. The molecule has 152 valence electrons. The highest BCUT2D eigenvalue weighted by Crippen LogP contribution is 2.24. The predicted octanol–water partition coefficient (Wildman–Crippen LogP) is 2.01. The molecule has 0 atom stereocenters. The van der Waals surface area contributed by atoms with Gasteiger partial charge in [-0.25, -0.2) is 0 Å². The van der Waals surface area contributed by atoms with E-state index in [-0.39, 0.29) is 29.9 Å². The summed E-state index contributed by atoms with van der Waals surface area (Å²) in [5.74, 6) is -0.247. The maximum Gasteiger partial charge on any atom is 0.257 e. The Bertz CT molecular complexity index is 807. The van der Waals surface area contributed by atoms with Gasteiger partial charge in [-0.3, -0.25) is 4.79 Å². The van der Waals surface area contributed by atoms with E-state index in [0.717, 1.165) is 42.8 Å². The Balaban J connectivity index is 0.00000280. The van der Waals surface area contributed by atoms with Gasteiger partial charge in [-0.2, -0.15) is 0 Å². The van der Waals surface area contributed by atoms with Crippen LogP contribution in [0.1, 0.15) is 28.8 Å². The molecule has 2 aromatic rings. The molecule has 0 radical (unpaired) electrons. The van der Waals surface area contributed by atoms with E-state index < -0.39 is 0 Å². The first kappa shape index (κ1) is 23.4. The fourth-order valence-corrected chi connectivity index (χ4v) is 4.04. The molecule has 28 heavy (non-hydrogen) atoms. The fraction of sp³-hybridized carbons (Fsp3) is 0.381. The zero-order chi connectivity index (χ0) is 19.4. The van der Waals surface area contributed by atoms with Crippen LogP contribution < -0.4 is 29.3 Å². The van der Waals surface area contributed by atoms with Crippen molar-refractivity contribution in [3.63, 3.8) is 0 Å². The van der Waals surface area contributed by atoms with Gasteiger partial charge in [-0.1, -0.05) is 35.3 Å². The van der Waals surface area contributed by atoms with Crippen molar-refractivity contribution in [2.75, 3.05) is 32.6 Å². The Morgan fingerprint density at radius 3 is 2.36 bits per heavy atom. The lowest BCUT2D eigenvalue weighted by Crippen LogP contribution is -3.00. The molecule has 2 aromatic carbocycles. The van der Waals surface area contributed by atoms with Crippen LogP contribution in [-0.4, -0.2) is 43.7 Å². The normalized spacial score (nSPS) is 15.0. The molecule has 4 nitrogen and oxygen atoms in total. The minimum absolute atomic E-state index is 0. The summed E-state index contributed by atoms with van der Waals surface area (Å²) in [5, 5.41) is 3.73. The van der Waals surface area contributed by atoms with E-state index in [9.17, 15) is 4.79 Å². The van der Waals surface area contributed by atoms with Crippen LogP contribution in [0.2, 0.25) is 10.0 Å². The molecule has 1 fully saturated rings. The van der Waals surface area contributed by atoms with Crippen molar-refractivity contribution >= 4 is 34.8 Å². The second-order valence-electron chi connectivity index (χ2n) is 7.56. The minimum atomic E-state index is -0.247. The molecular weight excluding hydrogens is 510 g/mol. The first-order valence-electron chi connectivity index (χ1n) is 9.11. The molecule has 7 heteroatoms. The van der Waals surface area contributed by atoms with E-state index in [0.29, 0.717) is 21.7 Å². The van der Waals surface area contributed by atoms with Crippen molar-refractivity contribution in [1.82, 2.24) is 0 Å². The number of hydrogen-bond donors (Lipinski definition) is 1. The summed E-state index contributed by atoms with van der Waals surface area (Å²) >= 11 is 12.0. The van der Waals surface area contributed by atoms with Crippen LogP contribution in [0.5, 0.6) is 0 Å². The number of benzene rings is 2. The third kappa shape index (κ3) is 6.07. The number of anilines is 1. The number of nitrogens with zero attached hydrogens (tertiary/aromatic N) is 1. The Kier molecular flexibility index (Phi) is 8.58. The third-order valence-corrected chi connectivity index (χ3v) is 5.70. The topological polar surface area (TPSA) is 38.3 Å².